The van der Waals surface area contributed by atoms with Crippen LogP contribution in [0, 0.1) is 0 Å². The molecule has 0 bridgehead atoms. The number of rotatable bonds is 10. The van der Waals surface area contributed by atoms with Gasteiger partial charge in [-0.1, -0.05) is 6.58 Å². The lowest BCUT2D eigenvalue weighted by Gasteiger charge is -2.07. The smallest absolute Gasteiger partial charge is 0.330 e. The zero-order valence-electron chi connectivity index (χ0n) is 11.6. The number of nitrogen functional groups attached to an aromatic ring is 1. The minimum atomic E-state index is -0.358. The second-order valence-electron chi connectivity index (χ2n) is 4.30. The van der Waals surface area contributed by atoms with Gasteiger partial charge < -0.3 is 14.9 Å². The number of nitrogens with one attached hydrogen (secondary N) is 1. The van der Waals surface area contributed by atoms with E-state index in [0.29, 0.717) is 13.2 Å². The summed E-state index contributed by atoms with van der Waals surface area (Å²) in [5, 5.41) is 0. The summed E-state index contributed by atoms with van der Waals surface area (Å²) in [6.07, 6.45) is 5.10. The molecule has 1 aromatic rings. The van der Waals surface area contributed by atoms with Crippen LogP contribution in [0.15, 0.2) is 36.9 Å². The number of carbonyl (C=O) groups excluding carboxylic acids is 1. The molecule has 0 radical (unpaired) electrons. The fourth-order valence-electron chi connectivity index (χ4n) is 1.63. The van der Waals surface area contributed by atoms with Gasteiger partial charge in [-0.2, -0.15) is 0 Å². The first kappa shape index (κ1) is 16.0. The maximum atomic E-state index is 10.8. The summed E-state index contributed by atoms with van der Waals surface area (Å²) in [5.41, 5.74) is 3.42. The molecule has 0 fully saturated rings. The number of esters is 1. The third kappa shape index (κ3) is 6.80. The molecule has 20 heavy (non-hydrogen) atoms. The van der Waals surface area contributed by atoms with E-state index in [0.717, 1.165) is 37.1 Å². The highest BCUT2D eigenvalue weighted by atomic mass is 16.5. The van der Waals surface area contributed by atoms with Gasteiger partial charge in [0.2, 0.25) is 0 Å². The van der Waals surface area contributed by atoms with E-state index in [4.69, 9.17) is 15.3 Å². The second-order valence-corrected chi connectivity index (χ2v) is 4.30. The van der Waals surface area contributed by atoms with Gasteiger partial charge in [0.15, 0.2) is 0 Å². The fraction of sp³-hybridized carbons (Fsp3) is 0.400. The van der Waals surface area contributed by atoms with Gasteiger partial charge in [-0.25, -0.2) is 4.79 Å². The van der Waals surface area contributed by atoms with Crippen molar-refractivity contribution in [2.24, 2.45) is 5.84 Å². The first-order valence-electron chi connectivity index (χ1n) is 6.75. The van der Waals surface area contributed by atoms with Crippen molar-refractivity contribution in [3.63, 3.8) is 0 Å². The van der Waals surface area contributed by atoms with Crippen LogP contribution in [-0.4, -0.2) is 19.2 Å². The van der Waals surface area contributed by atoms with Gasteiger partial charge in [0.25, 0.3) is 0 Å². The lowest BCUT2D eigenvalue weighted by Crippen LogP contribution is -2.06. The summed E-state index contributed by atoms with van der Waals surface area (Å²) >= 11 is 0. The van der Waals surface area contributed by atoms with Gasteiger partial charge in [0.05, 0.1) is 13.2 Å². The number of unbranched alkanes of at least 4 members (excludes halogenated alkanes) is 3. The van der Waals surface area contributed by atoms with Gasteiger partial charge in [-0.3, -0.25) is 5.84 Å². The van der Waals surface area contributed by atoms with Crippen molar-refractivity contribution in [3.05, 3.63) is 36.9 Å². The number of nitrogens with two attached hydrogens (primary N) is 1. The first-order chi connectivity index (χ1) is 9.76. The van der Waals surface area contributed by atoms with Crippen LogP contribution >= 0.6 is 0 Å². The molecule has 110 valence electrons. The molecule has 1 rings (SSSR count). The molecular weight excluding hydrogens is 256 g/mol. The van der Waals surface area contributed by atoms with Crippen LogP contribution in [0.25, 0.3) is 0 Å². The lowest BCUT2D eigenvalue weighted by atomic mass is 10.2. The van der Waals surface area contributed by atoms with E-state index in [1.54, 1.807) is 0 Å². The summed E-state index contributed by atoms with van der Waals surface area (Å²) in [7, 11) is 0. The summed E-state index contributed by atoms with van der Waals surface area (Å²) in [5.74, 6) is 5.76. The highest BCUT2D eigenvalue weighted by Crippen LogP contribution is 2.15. The predicted molar refractivity (Wildman–Crippen MR) is 79.4 cm³/mol. The zero-order chi connectivity index (χ0) is 14.6. The van der Waals surface area contributed by atoms with Gasteiger partial charge in [0, 0.05) is 11.8 Å². The molecule has 3 N–H and O–H groups in total. The molecule has 5 nitrogen and oxygen atoms in total. The Hall–Kier alpha value is -2.01. The van der Waals surface area contributed by atoms with E-state index in [2.05, 4.69) is 12.0 Å². The molecule has 0 aliphatic carbocycles. The molecular formula is C15H22N2O3. The largest absolute Gasteiger partial charge is 0.494 e. The summed E-state index contributed by atoms with van der Waals surface area (Å²) in [6, 6.07) is 7.49. The molecule has 0 unspecified atom stereocenters. The number of hydrazine groups is 1. The van der Waals surface area contributed by atoms with E-state index < -0.39 is 0 Å². The predicted octanol–water partition coefficient (Wildman–Crippen LogP) is 2.64. The van der Waals surface area contributed by atoms with Crippen LogP contribution in [0.5, 0.6) is 5.75 Å². The Kier molecular flexibility index (Phi) is 7.91. The van der Waals surface area contributed by atoms with Crippen molar-refractivity contribution in [2.75, 3.05) is 18.6 Å². The van der Waals surface area contributed by atoms with Gasteiger partial charge >= 0.3 is 5.97 Å². The van der Waals surface area contributed by atoms with Crippen molar-refractivity contribution in [3.8, 4) is 5.75 Å². The summed E-state index contributed by atoms with van der Waals surface area (Å²) in [4.78, 5) is 10.8. The molecule has 0 aromatic heterocycles. The molecule has 1 aromatic carbocycles. The molecule has 0 spiro atoms. The Morgan fingerprint density at radius 3 is 2.40 bits per heavy atom. The average Bonchev–Trinajstić information content (AvgIpc) is 2.50. The molecule has 5 heteroatoms. The Morgan fingerprint density at radius 1 is 1.15 bits per heavy atom. The summed E-state index contributed by atoms with van der Waals surface area (Å²) < 4.78 is 10.5. The van der Waals surface area contributed by atoms with Crippen molar-refractivity contribution in [1.82, 2.24) is 0 Å². The Labute approximate surface area is 119 Å². The first-order valence-corrected chi connectivity index (χ1v) is 6.75. The number of ether oxygens (including phenoxy) is 2. The van der Waals surface area contributed by atoms with E-state index in [1.807, 2.05) is 24.3 Å². The van der Waals surface area contributed by atoms with Crippen LogP contribution in [0.2, 0.25) is 0 Å². The Balaban J connectivity index is 1.99. The van der Waals surface area contributed by atoms with Gasteiger partial charge in [0.1, 0.15) is 5.75 Å². The van der Waals surface area contributed by atoms with Crippen LogP contribution in [0.4, 0.5) is 5.69 Å². The van der Waals surface area contributed by atoms with Crippen molar-refractivity contribution in [2.45, 2.75) is 25.7 Å². The van der Waals surface area contributed by atoms with Crippen molar-refractivity contribution in [1.29, 1.82) is 0 Å². The van der Waals surface area contributed by atoms with Gasteiger partial charge in [-0.05, 0) is 49.9 Å². The normalized spacial score (nSPS) is 9.85. The van der Waals surface area contributed by atoms with Crippen LogP contribution in [0.1, 0.15) is 25.7 Å². The van der Waals surface area contributed by atoms with E-state index >= 15 is 0 Å². The molecule has 0 saturated heterocycles. The molecule has 0 aliphatic rings. The van der Waals surface area contributed by atoms with Gasteiger partial charge in [-0.15, -0.1) is 0 Å². The fourth-order valence-corrected chi connectivity index (χ4v) is 1.63. The maximum absolute atomic E-state index is 10.8. The highest BCUT2D eigenvalue weighted by Gasteiger charge is 1.97. The van der Waals surface area contributed by atoms with Crippen LogP contribution in [-0.2, 0) is 9.53 Å². The number of benzene rings is 1. The minimum Gasteiger partial charge on any atom is -0.494 e. The topological polar surface area (TPSA) is 73.6 Å². The third-order valence-corrected chi connectivity index (χ3v) is 2.74. The van der Waals surface area contributed by atoms with Crippen molar-refractivity contribution < 1.29 is 14.3 Å². The SMILES string of the molecule is C=CC(=O)OCCCCCCOc1ccc(NN)cc1. The highest BCUT2D eigenvalue weighted by molar-refractivity contribution is 5.81. The number of carbonyl (C=O) groups is 1. The summed E-state index contributed by atoms with van der Waals surface area (Å²) in [6.45, 7) is 4.48. The van der Waals surface area contributed by atoms with Crippen molar-refractivity contribution >= 4 is 11.7 Å². The number of hydrogen-bond donors (Lipinski definition) is 2. The standard InChI is InChI=1S/C15H22N2O3/c1-2-15(18)20-12-6-4-3-5-11-19-14-9-7-13(17-16)8-10-14/h2,7-10,17H,1,3-6,11-12,16H2. The van der Waals surface area contributed by atoms with Crippen LogP contribution < -0.4 is 16.0 Å². The quantitative estimate of drug-likeness (QED) is 0.226. The second kappa shape index (κ2) is 9.86. The minimum absolute atomic E-state index is 0.358. The third-order valence-electron chi connectivity index (χ3n) is 2.74. The molecule has 0 saturated carbocycles. The molecule has 0 heterocycles. The monoisotopic (exact) mass is 278 g/mol. The average molecular weight is 278 g/mol. The maximum Gasteiger partial charge on any atom is 0.330 e. The molecule has 0 aliphatic heterocycles. The van der Waals surface area contributed by atoms with E-state index in [9.17, 15) is 4.79 Å². The van der Waals surface area contributed by atoms with Crippen LogP contribution in [0.3, 0.4) is 0 Å². The van der Waals surface area contributed by atoms with E-state index in [1.165, 1.54) is 6.08 Å². The zero-order valence-corrected chi connectivity index (χ0v) is 11.6. The Bertz CT molecular complexity index is 404. The number of anilines is 1. The number of hydrogen-bond acceptors (Lipinski definition) is 5. The molecule has 0 atom stereocenters. The molecule has 0 amide bonds. The lowest BCUT2D eigenvalue weighted by molar-refractivity contribution is -0.137. The van der Waals surface area contributed by atoms with E-state index in [-0.39, 0.29) is 5.97 Å². The Morgan fingerprint density at radius 2 is 1.80 bits per heavy atom.